The molecule has 0 aliphatic carbocycles. The maximum absolute atomic E-state index is 12.6. The standard InChI is InChI=1S/C21H26ClN3O3S/c22-20-9-5-4-8-19(20)21(26)23-11-17-29(27,28)25-15-13-24(14-16-25)12-10-18-6-2-1-3-7-18/h1-9H,10-17H2,(H,23,26). The van der Waals surface area contributed by atoms with Gasteiger partial charge in [-0.05, 0) is 24.1 Å². The molecule has 156 valence electrons. The summed E-state index contributed by atoms with van der Waals surface area (Å²) in [4.78, 5) is 14.4. The summed E-state index contributed by atoms with van der Waals surface area (Å²) in [5, 5.41) is 2.99. The van der Waals surface area contributed by atoms with Gasteiger partial charge >= 0.3 is 0 Å². The SMILES string of the molecule is O=C(NCCS(=O)(=O)N1CCN(CCc2ccccc2)CC1)c1ccccc1Cl. The highest BCUT2D eigenvalue weighted by Gasteiger charge is 2.26. The molecule has 0 bridgehead atoms. The molecule has 1 aliphatic rings. The minimum atomic E-state index is -3.40. The van der Waals surface area contributed by atoms with Crippen LogP contribution in [0.25, 0.3) is 0 Å². The van der Waals surface area contributed by atoms with Crippen LogP contribution in [-0.2, 0) is 16.4 Å². The largest absolute Gasteiger partial charge is 0.351 e. The lowest BCUT2D eigenvalue weighted by Crippen LogP contribution is -2.50. The van der Waals surface area contributed by atoms with Gasteiger partial charge in [0.05, 0.1) is 16.3 Å². The highest BCUT2D eigenvalue weighted by Crippen LogP contribution is 2.14. The monoisotopic (exact) mass is 435 g/mol. The normalized spacial score (nSPS) is 15.9. The van der Waals surface area contributed by atoms with Gasteiger partial charge in [0.25, 0.3) is 5.91 Å². The fourth-order valence-corrected chi connectivity index (χ4v) is 4.89. The molecule has 1 saturated heterocycles. The summed E-state index contributed by atoms with van der Waals surface area (Å²) in [6, 6.07) is 17.0. The maximum Gasteiger partial charge on any atom is 0.252 e. The Bertz CT molecular complexity index is 914. The van der Waals surface area contributed by atoms with Gasteiger partial charge in [-0.1, -0.05) is 54.1 Å². The number of hydrogen-bond donors (Lipinski definition) is 1. The molecule has 0 aromatic heterocycles. The highest BCUT2D eigenvalue weighted by atomic mass is 35.5. The molecule has 1 amide bonds. The van der Waals surface area contributed by atoms with Crippen molar-refractivity contribution in [2.75, 3.05) is 45.0 Å². The number of hydrogen-bond acceptors (Lipinski definition) is 4. The number of carbonyl (C=O) groups is 1. The van der Waals surface area contributed by atoms with E-state index in [0.717, 1.165) is 26.1 Å². The first-order chi connectivity index (χ1) is 14.0. The van der Waals surface area contributed by atoms with Gasteiger partial charge in [0.1, 0.15) is 0 Å². The molecule has 6 nitrogen and oxygen atoms in total. The molecule has 1 fully saturated rings. The van der Waals surface area contributed by atoms with Crippen molar-refractivity contribution >= 4 is 27.5 Å². The van der Waals surface area contributed by atoms with Crippen molar-refractivity contribution in [3.05, 3.63) is 70.7 Å². The average molecular weight is 436 g/mol. The Morgan fingerprint density at radius 1 is 0.966 bits per heavy atom. The van der Waals surface area contributed by atoms with E-state index in [1.165, 1.54) is 9.87 Å². The van der Waals surface area contributed by atoms with E-state index in [1.807, 2.05) is 18.2 Å². The van der Waals surface area contributed by atoms with Gasteiger partial charge in [-0.3, -0.25) is 4.79 Å². The van der Waals surface area contributed by atoms with Gasteiger partial charge in [-0.25, -0.2) is 8.42 Å². The third-order valence-electron chi connectivity index (χ3n) is 5.05. The summed E-state index contributed by atoms with van der Waals surface area (Å²) < 4.78 is 26.7. The van der Waals surface area contributed by atoms with Crippen molar-refractivity contribution in [2.24, 2.45) is 0 Å². The number of rotatable bonds is 8. The van der Waals surface area contributed by atoms with Gasteiger partial charge in [-0.2, -0.15) is 4.31 Å². The van der Waals surface area contributed by atoms with Gasteiger partial charge in [0.15, 0.2) is 0 Å². The lowest BCUT2D eigenvalue weighted by atomic mass is 10.1. The Kier molecular flexibility index (Phi) is 7.66. The predicted molar refractivity (Wildman–Crippen MR) is 116 cm³/mol. The lowest BCUT2D eigenvalue weighted by Gasteiger charge is -2.34. The number of amides is 1. The van der Waals surface area contributed by atoms with Crippen molar-refractivity contribution in [3.8, 4) is 0 Å². The number of benzene rings is 2. The highest BCUT2D eigenvalue weighted by molar-refractivity contribution is 7.89. The van der Waals surface area contributed by atoms with Crippen LogP contribution in [0.15, 0.2) is 54.6 Å². The van der Waals surface area contributed by atoms with Crippen LogP contribution in [0.1, 0.15) is 15.9 Å². The quantitative estimate of drug-likeness (QED) is 0.690. The first kappa shape index (κ1) is 21.8. The number of piperazine rings is 1. The molecule has 3 rings (SSSR count). The predicted octanol–water partition coefficient (Wildman–Crippen LogP) is 2.26. The Morgan fingerprint density at radius 3 is 2.31 bits per heavy atom. The molecule has 0 atom stereocenters. The van der Waals surface area contributed by atoms with Crippen LogP contribution in [0.4, 0.5) is 0 Å². The van der Waals surface area contributed by atoms with Crippen LogP contribution in [0.5, 0.6) is 0 Å². The third-order valence-corrected chi connectivity index (χ3v) is 7.25. The molecular weight excluding hydrogens is 410 g/mol. The van der Waals surface area contributed by atoms with Crippen LogP contribution in [0.3, 0.4) is 0 Å². The summed E-state index contributed by atoms with van der Waals surface area (Å²) in [5.41, 5.74) is 1.63. The summed E-state index contributed by atoms with van der Waals surface area (Å²) in [7, 11) is -3.40. The minimum absolute atomic E-state index is 0.0562. The van der Waals surface area contributed by atoms with Crippen molar-refractivity contribution in [2.45, 2.75) is 6.42 Å². The van der Waals surface area contributed by atoms with Gasteiger partial charge in [0, 0.05) is 39.3 Å². The first-order valence-corrected chi connectivity index (χ1v) is 11.7. The fraction of sp³-hybridized carbons (Fsp3) is 0.381. The van der Waals surface area contributed by atoms with E-state index in [0.29, 0.717) is 23.7 Å². The summed E-state index contributed by atoms with van der Waals surface area (Å²) in [5.74, 6) is -0.482. The molecule has 2 aromatic carbocycles. The zero-order chi connectivity index (χ0) is 20.7. The van der Waals surface area contributed by atoms with E-state index < -0.39 is 10.0 Å². The molecule has 29 heavy (non-hydrogen) atoms. The summed E-state index contributed by atoms with van der Waals surface area (Å²) in [6.45, 7) is 3.38. The van der Waals surface area contributed by atoms with Crippen LogP contribution >= 0.6 is 11.6 Å². The Labute approximate surface area is 177 Å². The van der Waals surface area contributed by atoms with Crippen molar-refractivity contribution in [1.29, 1.82) is 0 Å². The minimum Gasteiger partial charge on any atom is -0.351 e. The van der Waals surface area contributed by atoms with Crippen LogP contribution in [0.2, 0.25) is 5.02 Å². The van der Waals surface area contributed by atoms with Gasteiger partial charge in [0.2, 0.25) is 10.0 Å². The van der Waals surface area contributed by atoms with E-state index >= 15 is 0 Å². The van der Waals surface area contributed by atoms with E-state index in [2.05, 4.69) is 22.3 Å². The smallest absolute Gasteiger partial charge is 0.252 e. The Balaban J connectivity index is 1.41. The van der Waals surface area contributed by atoms with E-state index in [1.54, 1.807) is 24.3 Å². The molecular formula is C21H26ClN3O3S. The number of sulfonamides is 1. The zero-order valence-corrected chi connectivity index (χ0v) is 17.8. The number of halogens is 1. The number of nitrogens with zero attached hydrogens (tertiary/aromatic N) is 2. The fourth-order valence-electron chi connectivity index (χ4n) is 3.33. The summed E-state index contributed by atoms with van der Waals surface area (Å²) in [6.07, 6.45) is 0.960. The molecule has 1 N–H and O–H groups in total. The Morgan fingerprint density at radius 2 is 1.62 bits per heavy atom. The molecule has 0 radical (unpaired) electrons. The average Bonchev–Trinajstić information content (AvgIpc) is 2.73. The molecule has 0 saturated carbocycles. The molecule has 2 aromatic rings. The van der Waals surface area contributed by atoms with Gasteiger partial charge < -0.3 is 10.2 Å². The van der Waals surface area contributed by atoms with E-state index in [9.17, 15) is 13.2 Å². The number of nitrogens with one attached hydrogen (secondary N) is 1. The maximum atomic E-state index is 12.6. The first-order valence-electron chi connectivity index (χ1n) is 9.72. The molecule has 0 spiro atoms. The molecule has 1 aliphatic heterocycles. The van der Waals surface area contributed by atoms with Gasteiger partial charge in [-0.15, -0.1) is 0 Å². The molecule has 0 unspecified atom stereocenters. The summed E-state index contributed by atoms with van der Waals surface area (Å²) >= 11 is 6.00. The van der Waals surface area contributed by atoms with Crippen LogP contribution in [0, 0.1) is 0 Å². The molecule has 8 heteroatoms. The van der Waals surface area contributed by atoms with Crippen LogP contribution in [-0.4, -0.2) is 68.6 Å². The molecule has 1 heterocycles. The second-order valence-electron chi connectivity index (χ2n) is 7.03. The van der Waals surface area contributed by atoms with E-state index in [-0.39, 0.29) is 18.2 Å². The number of carbonyl (C=O) groups excluding carboxylic acids is 1. The van der Waals surface area contributed by atoms with Crippen molar-refractivity contribution in [1.82, 2.24) is 14.5 Å². The van der Waals surface area contributed by atoms with Crippen molar-refractivity contribution < 1.29 is 13.2 Å². The Hall–Kier alpha value is -1.93. The third kappa shape index (κ3) is 6.27. The van der Waals surface area contributed by atoms with E-state index in [4.69, 9.17) is 11.6 Å². The second-order valence-corrected chi connectivity index (χ2v) is 9.52. The zero-order valence-electron chi connectivity index (χ0n) is 16.3. The van der Waals surface area contributed by atoms with Crippen LogP contribution < -0.4 is 5.32 Å². The van der Waals surface area contributed by atoms with Crippen molar-refractivity contribution in [3.63, 3.8) is 0 Å². The lowest BCUT2D eigenvalue weighted by molar-refractivity contribution is 0.0956. The topological polar surface area (TPSA) is 69.7 Å². The second kappa shape index (κ2) is 10.2.